The van der Waals surface area contributed by atoms with Crippen LogP contribution in [0, 0.1) is 6.92 Å². The van der Waals surface area contributed by atoms with Crippen molar-refractivity contribution in [3.63, 3.8) is 0 Å². The topological polar surface area (TPSA) is 80.6 Å². The zero-order valence-electron chi connectivity index (χ0n) is 19.4. The third kappa shape index (κ3) is 4.48. The molecule has 1 aromatic heterocycles. The predicted octanol–water partition coefficient (Wildman–Crippen LogP) is 5.35. The van der Waals surface area contributed by atoms with Crippen LogP contribution in [0.5, 0.6) is 5.75 Å². The lowest BCUT2D eigenvalue weighted by Crippen LogP contribution is -2.54. The van der Waals surface area contributed by atoms with E-state index >= 15 is 0 Å². The van der Waals surface area contributed by atoms with E-state index in [1.807, 2.05) is 66.2 Å². The summed E-state index contributed by atoms with van der Waals surface area (Å²) >= 11 is 5.94. The van der Waals surface area contributed by atoms with Crippen molar-refractivity contribution in [3.05, 3.63) is 101 Å². The highest BCUT2D eigenvalue weighted by atomic mass is 35.5. The summed E-state index contributed by atoms with van der Waals surface area (Å²) in [6, 6.07) is 21.0. The molecule has 180 valence electrons. The van der Waals surface area contributed by atoms with Crippen molar-refractivity contribution in [3.8, 4) is 5.75 Å². The number of imide groups is 2. The van der Waals surface area contributed by atoms with Crippen molar-refractivity contribution >= 4 is 52.1 Å². The second-order valence-corrected chi connectivity index (χ2v) is 8.78. The maximum Gasteiger partial charge on any atom is 0.335 e. The molecular weight excluding hydrogens is 478 g/mol. The van der Waals surface area contributed by atoms with Gasteiger partial charge in [-0.2, -0.15) is 0 Å². The van der Waals surface area contributed by atoms with Crippen molar-refractivity contribution in [1.82, 2.24) is 9.88 Å². The fourth-order valence-electron chi connectivity index (χ4n) is 4.19. The largest absolute Gasteiger partial charge is 0.491 e. The van der Waals surface area contributed by atoms with Crippen LogP contribution >= 0.6 is 11.6 Å². The molecule has 0 bridgehead atoms. The summed E-state index contributed by atoms with van der Waals surface area (Å²) in [7, 11) is 0. The number of rotatable bonds is 6. The van der Waals surface area contributed by atoms with Gasteiger partial charge in [0.1, 0.15) is 17.9 Å². The molecule has 5 rings (SSSR count). The zero-order valence-corrected chi connectivity index (χ0v) is 20.2. The molecule has 2 heterocycles. The molecule has 1 aliphatic heterocycles. The fourth-order valence-corrected chi connectivity index (χ4v) is 4.31. The maximum atomic E-state index is 13.3. The van der Waals surface area contributed by atoms with E-state index in [0.717, 1.165) is 27.1 Å². The number of nitrogens with zero attached hydrogens (tertiary/aromatic N) is 2. The molecule has 1 saturated heterocycles. The van der Waals surface area contributed by atoms with E-state index in [4.69, 9.17) is 16.3 Å². The summed E-state index contributed by atoms with van der Waals surface area (Å²) in [5.41, 5.74) is 2.86. The molecule has 4 aromatic rings. The first-order valence-corrected chi connectivity index (χ1v) is 11.7. The van der Waals surface area contributed by atoms with Crippen LogP contribution in [0.15, 0.2) is 84.6 Å². The van der Waals surface area contributed by atoms with Crippen molar-refractivity contribution in [1.29, 1.82) is 0 Å². The van der Waals surface area contributed by atoms with Crippen LogP contribution in [-0.4, -0.2) is 29.0 Å². The first-order valence-electron chi connectivity index (χ1n) is 11.4. The number of amides is 4. The van der Waals surface area contributed by atoms with Crippen molar-refractivity contribution in [2.75, 3.05) is 11.5 Å². The van der Waals surface area contributed by atoms with Crippen LogP contribution in [0.4, 0.5) is 10.5 Å². The number of benzene rings is 3. The van der Waals surface area contributed by atoms with Crippen molar-refractivity contribution in [2.24, 2.45) is 0 Å². The molecule has 1 fully saturated rings. The van der Waals surface area contributed by atoms with E-state index in [1.165, 1.54) is 6.08 Å². The number of fused-ring (bicyclic) bond motifs is 1. The number of urea groups is 1. The highest BCUT2D eigenvalue weighted by molar-refractivity contribution is 6.39. The summed E-state index contributed by atoms with van der Waals surface area (Å²) in [6.45, 7) is 3.00. The van der Waals surface area contributed by atoms with Gasteiger partial charge in [-0.15, -0.1) is 0 Å². The predicted molar refractivity (Wildman–Crippen MR) is 139 cm³/mol. The third-order valence-corrected chi connectivity index (χ3v) is 6.24. The average molecular weight is 500 g/mol. The summed E-state index contributed by atoms with van der Waals surface area (Å²) in [5, 5.41) is 3.59. The minimum atomic E-state index is -0.805. The maximum absolute atomic E-state index is 13.3. The number of hydrogen-bond donors (Lipinski definition) is 1. The number of carbonyl (C=O) groups is 3. The fraction of sp³-hybridized carbons (Fsp3) is 0.107. The van der Waals surface area contributed by atoms with Crippen LogP contribution in [0.25, 0.3) is 17.0 Å². The smallest absolute Gasteiger partial charge is 0.335 e. The number of nitrogens with one attached hydrogen (secondary N) is 1. The van der Waals surface area contributed by atoms with Gasteiger partial charge in [0.15, 0.2) is 0 Å². The van der Waals surface area contributed by atoms with Gasteiger partial charge in [-0.3, -0.25) is 14.9 Å². The van der Waals surface area contributed by atoms with Gasteiger partial charge in [0, 0.05) is 27.7 Å². The van der Waals surface area contributed by atoms with Gasteiger partial charge in [-0.05, 0) is 55.0 Å². The van der Waals surface area contributed by atoms with Gasteiger partial charge in [0.2, 0.25) is 0 Å². The Kier molecular flexibility index (Phi) is 6.31. The van der Waals surface area contributed by atoms with Crippen LogP contribution in [0.2, 0.25) is 5.02 Å². The summed E-state index contributed by atoms with van der Waals surface area (Å²) in [4.78, 5) is 39.3. The molecule has 0 saturated carbocycles. The number of aromatic nitrogens is 1. The number of hydrogen-bond acceptors (Lipinski definition) is 4. The lowest BCUT2D eigenvalue weighted by Gasteiger charge is -2.26. The Labute approximate surface area is 212 Å². The molecular formula is C28H22ClN3O4. The van der Waals surface area contributed by atoms with E-state index in [0.29, 0.717) is 29.4 Å². The van der Waals surface area contributed by atoms with Gasteiger partial charge in [0.05, 0.1) is 12.2 Å². The first kappa shape index (κ1) is 23.4. The number of aryl methyl sites for hydroxylation is 1. The summed E-state index contributed by atoms with van der Waals surface area (Å²) in [6.07, 6.45) is 3.40. The monoisotopic (exact) mass is 499 g/mol. The van der Waals surface area contributed by atoms with E-state index in [-0.39, 0.29) is 5.57 Å². The lowest BCUT2D eigenvalue weighted by atomic mass is 10.1. The van der Waals surface area contributed by atoms with E-state index in [9.17, 15) is 14.4 Å². The van der Waals surface area contributed by atoms with Crippen molar-refractivity contribution in [2.45, 2.75) is 13.5 Å². The highest BCUT2D eigenvalue weighted by Gasteiger charge is 2.37. The Bertz CT molecular complexity index is 1520. The van der Waals surface area contributed by atoms with Gasteiger partial charge in [-0.25, -0.2) is 9.69 Å². The Morgan fingerprint density at radius 1 is 0.944 bits per heavy atom. The Morgan fingerprint density at radius 3 is 2.44 bits per heavy atom. The van der Waals surface area contributed by atoms with E-state index in [1.54, 1.807) is 24.3 Å². The molecule has 4 amide bonds. The number of halogens is 1. The summed E-state index contributed by atoms with van der Waals surface area (Å²) < 4.78 is 7.98. The van der Waals surface area contributed by atoms with Crippen LogP contribution in [0.1, 0.15) is 11.1 Å². The molecule has 1 N–H and O–H groups in total. The van der Waals surface area contributed by atoms with Crippen molar-refractivity contribution < 1.29 is 19.1 Å². The van der Waals surface area contributed by atoms with Crippen LogP contribution < -0.4 is 15.0 Å². The van der Waals surface area contributed by atoms with Gasteiger partial charge in [-0.1, -0.05) is 48.0 Å². The molecule has 0 aliphatic carbocycles. The number of carbonyl (C=O) groups excluding carboxylic acids is 3. The Morgan fingerprint density at radius 2 is 1.67 bits per heavy atom. The minimum absolute atomic E-state index is 0.136. The second-order valence-electron chi connectivity index (χ2n) is 8.34. The van der Waals surface area contributed by atoms with Crippen LogP contribution in [-0.2, 0) is 16.1 Å². The standard InChI is InChI=1S/C28H22ClN3O4/c1-18-6-2-5-9-25(18)36-15-14-31-17-19(22-7-3-4-8-24(22)31)16-23-26(33)30-28(35)32(27(23)34)21-12-10-20(29)11-13-21/h2-13,16-17H,14-15H2,1H3,(H,30,33,35)/b23-16-. The van der Waals surface area contributed by atoms with E-state index in [2.05, 4.69) is 5.32 Å². The Hall–Kier alpha value is -4.36. The Balaban J connectivity index is 1.45. The normalized spacial score (nSPS) is 15.0. The molecule has 8 heteroatoms. The second kappa shape index (κ2) is 9.71. The van der Waals surface area contributed by atoms with Gasteiger partial charge in [0.25, 0.3) is 11.8 Å². The first-order chi connectivity index (χ1) is 17.4. The molecule has 0 radical (unpaired) electrons. The summed E-state index contributed by atoms with van der Waals surface area (Å²) in [5.74, 6) is -0.617. The average Bonchev–Trinajstić information content (AvgIpc) is 3.21. The SMILES string of the molecule is Cc1ccccc1OCCn1cc(/C=C2/C(=O)NC(=O)N(c3ccc(Cl)cc3)C2=O)c2ccccc21. The molecule has 0 unspecified atom stereocenters. The molecule has 0 atom stereocenters. The lowest BCUT2D eigenvalue weighted by molar-refractivity contribution is -0.122. The number of barbiturate groups is 1. The van der Waals surface area contributed by atoms with Crippen LogP contribution in [0.3, 0.4) is 0 Å². The van der Waals surface area contributed by atoms with E-state index < -0.39 is 17.8 Å². The third-order valence-electron chi connectivity index (χ3n) is 5.99. The number of anilines is 1. The molecule has 36 heavy (non-hydrogen) atoms. The molecule has 1 aliphatic rings. The highest BCUT2D eigenvalue weighted by Crippen LogP contribution is 2.27. The number of ether oxygens (including phenoxy) is 1. The minimum Gasteiger partial charge on any atom is -0.491 e. The molecule has 0 spiro atoms. The zero-order chi connectivity index (χ0) is 25.2. The van der Waals surface area contributed by atoms with Gasteiger partial charge >= 0.3 is 6.03 Å². The molecule has 3 aromatic carbocycles. The quantitative estimate of drug-likeness (QED) is 0.286. The number of para-hydroxylation sites is 2. The van der Waals surface area contributed by atoms with Gasteiger partial charge < -0.3 is 9.30 Å². The molecule has 7 nitrogen and oxygen atoms in total.